The van der Waals surface area contributed by atoms with Crippen LogP contribution in [0.4, 0.5) is 0 Å². The van der Waals surface area contributed by atoms with E-state index in [1.807, 2.05) is 0 Å². The van der Waals surface area contributed by atoms with Gasteiger partial charge in [0, 0.05) is 19.3 Å². The summed E-state index contributed by atoms with van der Waals surface area (Å²) in [5.41, 5.74) is 0. The maximum Gasteiger partial charge on any atom is 0.306 e. The largest absolute Gasteiger partial charge is 0.462 e. The Morgan fingerprint density at radius 3 is 0.870 bits per heavy atom. The molecule has 0 aromatic carbocycles. The zero-order chi connectivity index (χ0) is 33.8. The number of rotatable bonds is 36. The minimum atomic E-state index is -0.755. The van der Waals surface area contributed by atoms with E-state index >= 15 is 0 Å². The van der Waals surface area contributed by atoms with Crippen LogP contribution in [0, 0.1) is 0 Å². The van der Waals surface area contributed by atoms with Gasteiger partial charge in [-0.2, -0.15) is 0 Å². The van der Waals surface area contributed by atoms with Gasteiger partial charge in [-0.25, -0.2) is 0 Å². The van der Waals surface area contributed by atoms with E-state index in [9.17, 15) is 14.4 Å². The van der Waals surface area contributed by atoms with Crippen molar-refractivity contribution in [3.8, 4) is 0 Å². The van der Waals surface area contributed by atoms with Crippen LogP contribution in [-0.4, -0.2) is 37.2 Å². The second-order valence-electron chi connectivity index (χ2n) is 13.6. The molecule has 0 aliphatic carbocycles. The van der Waals surface area contributed by atoms with Crippen LogP contribution >= 0.6 is 0 Å². The van der Waals surface area contributed by atoms with E-state index in [2.05, 4.69) is 20.8 Å². The molecule has 0 saturated carbocycles. The number of carbonyl (C=O) groups is 3. The summed E-state index contributed by atoms with van der Waals surface area (Å²) in [7, 11) is 0. The lowest BCUT2D eigenvalue weighted by Gasteiger charge is -2.18. The summed E-state index contributed by atoms with van der Waals surface area (Å²) in [6.45, 7) is 6.57. The first-order valence-corrected chi connectivity index (χ1v) is 20.0. The Hall–Kier alpha value is -1.59. The molecule has 0 fully saturated rings. The number of hydrogen-bond donors (Lipinski definition) is 0. The summed E-state index contributed by atoms with van der Waals surface area (Å²) in [6.07, 6.45) is 33.8. The first kappa shape index (κ1) is 44.4. The number of carbonyl (C=O) groups excluding carboxylic acids is 3. The molecule has 0 bridgehead atoms. The van der Waals surface area contributed by atoms with Gasteiger partial charge in [-0.3, -0.25) is 14.4 Å². The van der Waals surface area contributed by atoms with Crippen molar-refractivity contribution in [1.82, 2.24) is 0 Å². The summed E-state index contributed by atoms with van der Waals surface area (Å²) in [5.74, 6) is -0.869. The second kappa shape index (κ2) is 36.2. The molecule has 6 nitrogen and oxygen atoms in total. The molecular weight excluding hydrogens is 576 g/mol. The minimum Gasteiger partial charge on any atom is -0.462 e. The summed E-state index contributed by atoms with van der Waals surface area (Å²) in [5, 5.41) is 0. The maximum absolute atomic E-state index is 12.6. The number of ether oxygens (including phenoxy) is 3. The van der Waals surface area contributed by atoms with Gasteiger partial charge in [-0.05, 0) is 19.3 Å². The average Bonchev–Trinajstić information content (AvgIpc) is 3.05. The van der Waals surface area contributed by atoms with Crippen LogP contribution in [0.5, 0.6) is 0 Å². The zero-order valence-corrected chi connectivity index (χ0v) is 30.9. The summed E-state index contributed by atoms with van der Waals surface area (Å²) in [4.78, 5) is 37.3. The van der Waals surface area contributed by atoms with Gasteiger partial charge in [-0.15, -0.1) is 0 Å². The zero-order valence-electron chi connectivity index (χ0n) is 30.9. The molecule has 6 heteroatoms. The van der Waals surface area contributed by atoms with Crippen LogP contribution in [0.3, 0.4) is 0 Å². The Balaban J connectivity index is 4.31. The van der Waals surface area contributed by atoms with Crippen LogP contribution in [0.2, 0.25) is 0 Å². The van der Waals surface area contributed by atoms with Crippen LogP contribution in [0.15, 0.2) is 0 Å². The molecule has 0 aliphatic rings. The Labute approximate surface area is 285 Å². The molecule has 272 valence electrons. The first-order chi connectivity index (χ1) is 22.5. The Kier molecular flexibility index (Phi) is 35.0. The quantitative estimate of drug-likeness (QED) is 0.0381. The fraction of sp³-hybridized carbons (Fsp3) is 0.925. The predicted octanol–water partition coefficient (Wildman–Crippen LogP) is 12.1. The van der Waals surface area contributed by atoms with Gasteiger partial charge in [0.1, 0.15) is 13.2 Å². The van der Waals surface area contributed by atoms with Gasteiger partial charge < -0.3 is 14.2 Å². The van der Waals surface area contributed by atoms with E-state index in [0.717, 1.165) is 57.8 Å². The van der Waals surface area contributed by atoms with Gasteiger partial charge in [0.25, 0.3) is 0 Å². The van der Waals surface area contributed by atoms with Crippen molar-refractivity contribution in [2.75, 3.05) is 13.2 Å². The fourth-order valence-corrected chi connectivity index (χ4v) is 5.79. The van der Waals surface area contributed by atoms with Gasteiger partial charge in [0.05, 0.1) is 0 Å². The van der Waals surface area contributed by atoms with Crippen LogP contribution in [0.1, 0.15) is 220 Å². The Bertz CT molecular complexity index is 679. The summed E-state index contributed by atoms with van der Waals surface area (Å²) >= 11 is 0. The SMILES string of the molecule is CCCCCCCCCCCCCCC(=O)O[C@H](COC(=O)CCCCCCCCC)COC(=O)CCCCCCCCCCC. The molecule has 0 amide bonds. The second-order valence-corrected chi connectivity index (χ2v) is 13.6. The van der Waals surface area contributed by atoms with E-state index in [1.54, 1.807) is 0 Å². The molecule has 0 aromatic rings. The lowest BCUT2D eigenvalue weighted by Crippen LogP contribution is -2.30. The van der Waals surface area contributed by atoms with Crippen molar-refractivity contribution < 1.29 is 28.6 Å². The normalized spacial score (nSPS) is 11.8. The molecule has 0 radical (unpaired) electrons. The lowest BCUT2D eigenvalue weighted by molar-refractivity contribution is -0.167. The summed E-state index contributed by atoms with van der Waals surface area (Å²) < 4.78 is 16.6. The van der Waals surface area contributed by atoms with Crippen molar-refractivity contribution in [3.63, 3.8) is 0 Å². The molecule has 0 aromatic heterocycles. The highest BCUT2D eigenvalue weighted by Crippen LogP contribution is 2.14. The molecule has 0 aliphatic heterocycles. The van der Waals surface area contributed by atoms with Crippen LogP contribution < -0.4 is 0 Å². The topological polar surface area (TPSA) is 78.9 Å². The number of unbranched alkanes of at least 4 members (excludes halogenated alkanes) is 25. The molecule has 0 rings (SSSR count). The van der Waals surface area contributed by atoms with E-state index in [-0.39, 0.29) is 31.1 Å². The Morgan fingerprint density at radius 2 is 0.587 bits per heavy atom. The van der Waals surface area contributed by atoms with Gasteiger partial charge in [-0.1, -0.05) is 181 Å². The molecule has 0 spiro atoms. The van der Waals surface area contributed by atoms with Crippen molar-refractivity contribution in [2.24, 2.45) is 0 Å². The Morgan fingerprint density at radius 1 is 0.348 bits per heavy atom. The van der Waals surface area contributed by atoms with Crippen molar-refractivity contribution >= 4 is 17.9 Å². The van der Waals surface area contributed by atoms with E-state index in [4.69, 9.17) is 14.2 Å². The lowest BCUT2D eigenvalue weighted by atomic mass is 10.0. The molecule has 46 heavy (non-hydrogen) atoms. The highest BCUT2D eigenvalue weighted by Gasteiger charge is 2.19. The maximum atomic E-state index is 12.6. The van der Waals surface area contributed by atoms with E-state index in [1.165, 1.54) is 122 Å². The summed E-state index contributed by atoms with van der Waals surface area (Å²) in [6, 6.07) is 0. The molecule has 1 atom stereocenters. The molecule has 0 unspecified atom stereocenters. The smallest absolute Gasteiger partial charge is 0.306 e. The van der Waals surface area contributed by atoms with Crippen LogP contribution in [-0.2, 0) is 28.6 Å². The average molecular weight is 653 g/mol. The van der Waals surface area contributed by atoms with Crippen molar-refractivity contribution in [3.05, 3.63) is 0 Å². The van der Waals surface area contributed by atoms with E-state index < -0.39 is 6.10 Å². The number of esters is 3. The highest BCUT2D eigenvalue weighted by atomic mass is 16.6. The monoisotopic (exact) mass is 653 g/mol. The number of hydrogen-bond acceptors (Lipinski definition) is 6. The highest BCUT2D eigenvalue weighted by molar-refractivity contribution is 5.71. The third-order valence-electron chi connectivity index (χ3n) is 8.86. The van der Waals surface area contributed by atoms with Gasteiger partial charge in [0.15, 0.2) is 6.10 Å². The predicted molar refractivity (Wildman–Crippen MR) is 192 cm³/mol. The van der Waals surface area contributed by atoms with Crippen molar-refractivity contribution in [2.45, 2.75) is 226 Å². The first-order valence-electron chi connectivity index (χ1n) is 20.0. The molecule has 0 heterocycles. The molecule has 0 saturated heterocycles. The van der Waals surface area contributed by atoms with Crippen LogP contribution in [0.25, 0.3) is 0 Å². The van der Waals surface area contributed by atoms with Gasteiger partial charge >= 0.3 is 17.9 Å². The molecule has 0 N–H and O–H groups in total. The minimum absolute atomic E-state index is 0.0643. The van der Waals surface area contributed by atoms with Crippen molar-refractivity contribution in [1.29, 1.82) is 0 Å². The molecular formula is C40H76O6. The van der Waals surface area contributed by atoms with E-state index in [0.29, 0.717) is 19.3 Å². The fourth-order valence-electron chi connectivity index (χ4n) is 5.79. The van der Waals surface area contributed by atoms with Gasteiger partial charge in [0.2, 0.25) is 0 Å². The standard InChI is InChI=1S/C40H76O6/c1-4-7-10-13-16-18-19-20-22-25-28-31-34-40(43)46-37(35-44-38(41)32-29-26-23-15-12-9-6-3)36-45-39(42)33-30-27-24-21-17-14-11-8-5-2/h37H,4-36H2,1-3H3/t37-/m1/s1. The third kappa shape index (κ3) is 33.8. The third-order valence-corrected chi connectivity index (χ3v) is 8.86.